The Bertz CT molecular complexity index is 2680. The first-order valence-corrected chi connectivity index (χ1v) is 18.7. The molecule has 0 aliphatic heterocycles. The van der Waals surface area contributed by atoms with Crippen LogP contribution in [0, 0.1) is 0 Å². The third-order valence-electron chi connectivity index (χ3n) is 10.5. The van der Waals surface area contributed by atoms with Gasteiger partial charge >= 0.3 is 0 Å². The van der Waals surface area contributed by atoms with Crippen molar-refractivity contribution in [2.24, 2.45) is 0 Å². The highest BCUT2D eigenvalue weighted by Crippen LogP contribution is 2.45. The highest BCUT2D eigenvalue weighted by molar-refractivity contribution is 6.00. The van der Waals surface area contributed by atoms with Crippen LogP contribution in [0.15, 0.2) is 127 Å². The molecule has 6 aromatic carbocycles. The number of imidazole rings is 1. The van der Waals surface area contributed by atoms with Gasteiger partial charge in [-0.1, -0.05) is 140 Å². The molecule has 0 saturated carbocycles. The number of phenolic OH excluding ortho intramolecular Hbond substituents is 1. The number of para-hydroxylation sites is 2. The number of nitrogens with zero attached hydrogens (tertiary/aromatic N) is 3. The summed E-state index contributed by atoms with van der Waals surface area (Å²) >= 11 is 0. The maximum Gasteiger partial charge on any atom is 0.149 e. The molecular weight excluding hydrogens is 647 g/mol. The third kappa shape index (κ3) is 6.16. The van der Waals surface area contributed by atoms with Crippen LogP contribution < -0.4 is 0 Å². The molecule has 0 fully saturated rings. The van der Waals surface area contributed by atoms with Crippen LogP contribution in [0.5, 0.6) is 5.75 Å². The summed E-state index contributed by atoms with van der Waals surface area (Å²) < 4.78 is 2.26. The normalized spacial score (nSPS) is 12.4. The van der Waals surface area contributed by atoms with E-state index in [9.17, 15) is 5.11 Å². The van der Waals surface area contributed by atoms with Gasteiger partial charge in [0.2, 0.25) is 0 Å². The first kappa shape index (κ1) is 34.4. The van der Waals surface area contributed by atoms with Crippen LogP contribution in [0.25, 0.3) is 72.2 Å². The second-order valence-electron chi connectivity index (χ2n) is 16.7. The van der Waals surface area contributed by atoms with E-state index in [4.69, 9.17) is 9.97 Å². The maximum absolute atomic E-state index is 12.2. The van der Waals surface area contributed by atoms with E-state index >= 15 is 0 Å². The predicted molar refractivity (Wildman–Crippen MR) is 223 cm³/mol. The van der Waals surface area contributed by atoms with Gasteiger partial charge in [0.15, 0.2) is 0 Å². The quantitative estimate of drug-likeness (QED) is 0.195. The number of phenols is 1. The Morgan fingerprint density at radius 1 is 0.604 bits per heavy atom. The zero-order chi connectivity index (χ0) is 37.2. The van der Waals surface area contributed by atoms with Gasteiger partial charge in [0.05, 0.1) is 33.5 Å². The van der Waals surface area contributed by atoms with E-state index in [1.54, 1.807) is 0 Å². The largest absolute Gasteiger partial charge is 0.507 e. The van der Waals surface area contributed by atoms with Gasteiger partial charge in [0.1, 0.15) is 11.6 Å². The monoisotopic (exact) mass is 693 g/mol. The predicted octanol–water partition coefficient (Wildman–Crippen LogP) is 13.2. The summed E-state index contributed by atoms with van der Waals surface area (Å²) in [6, 6.07) is 45.1. The minimum atomic E-state index is -0.286. The molecule has 0 atom stereocenters. The van der Waals surface area contributed by atoms with E-state index in [0.717, 1.165) is 77.5 Å². The topological polar surface area (TPSA) is 50.9 Å². The van der Waals surface area contributed by atoms with Gasteiger partial charge in [-0.3, -0.25) is 4.57 Å². The molecule has 2 heterocycles. The first-order chi connectivity index (χ1) is 25.3. The molecule has 0 saturated heterocycles. The van der Waals surface area contributed by atoms with E-state index in [0.29, 0.717) is 11.7 Å². The number of hydrogen-bond acceptors (Lipinski definition) is 3. The van der Waals surface area contributed by atoms with E-state index in [2.05, 4.69) is 181 Å². The lowest BCUT2D eigenvalue weighted by Gasteiger charge is -2.27. The second-order valence-corrected chi connectivity index (χ2v) is 16.7. The van der Waals surface area contributed by atoms with Crippen molar-refractivity contribution in [1.29, 1.82) is 0 Å². The molecule has 1 N–H and O–H groups in total. The highest BCUT2D eigenvalue weighted by Gasteiger charge is 2.29. The van der Waals surface area contributed by atoms with Crippen LogP contribution >= 0.6 is 0 Å². The Morgan fingerprint density at radius 2 is 1.30 bits per heavy atom. The standard InChI is InChI=1S/C49H47N3O/c1-30(2)33-25-34(27-35(26-33)42-24-23-32-16-10-12-20-41(32)50-42)38-19-14-22-44-45(38)51-47(52(44)43-21-13-17-31-15-9-11-18-37(31)43)39-28-36(48(3,4)5)29-40(46(39)53)49(6,7)8/h9-30,53H,1-8H3. The van der Waals surface area contributed by atoms with Crippen molar-refractivity contribution in [3.8, 4) is 45.2 Å². The molecule has 2 aromatic heterocycles. The van der Waals surface area contributed by atoms with Crippen molar-refractivity contribution in [3.05, 3.63) is 144 Å². The molecule has 8 rings (SSSR count). The van der Waals surface area contributed by atoms with Gasteiger partial charge in [-0.25, -0.2) is 9.97 Å². The minimum Gasteiger partial charge on any atom is -0.507 e. The summed E-state index contributed by atoms with van der Waals surface area (Å²) in [6.07, 6.45) is 0. The number of aromatic hydroxyl groups is 1. The molecule has 0 aliphatic carbocycles. The Hall–Kier alpha value is -5.74. The van der Waals surface area contributed by atoms with Crippen molar-refractivity contribution in [2.45, 2.75) is 72.1 Å². The van der Waals surface area contributed by atoms with Crippen LogP contribution in [0.1, 0.15) is 78.0 Å². The second kappa shape index (κ2) is 12.7. The van der Waals surface area contributed by atoms with Crippen molar-refractivity contribution in [2.75, 3.05) is 0 Å². The molecule has 8 aromatic rings. The van der Waals surface area contributed by atoms with Crippen molar-refractivity contribution in [3.63, 3.8) is 0 Å². The summed E-state index contributed by atoms with van der Waals surface area (Å²) in [5.74, 6) is 1.30. The molecule has 4 heteroatoms. The lowest BCUT2D eigenvalue weighted by molar-refractivity contribution is 0.446. The van der Waals surface area contributed by atoms with Crippen LogP contribution in [0.3, 0.4) is 0 Å². The lowest BCUT2D eigenvalue weighted by Crippen LogP contribution is -2.17. The molecule has 264 valence electrons. The summed E-state index contributed by atoms with van der Waals surface area (Å²) in [7, 11) is 0. The third-order valence-corrected chi connectivity index (χ3v) is 10.5. The van der Waals surface area contributed by atoms with Crippen LogP contribution in [-0.4, -0.2) is 19.6 Å². The Morgan fingerprint density at radius 3 is 2.06 bits per heavy atom. The molecule has 0 spiro atoms. The fourth-order valence-electron chi connectivity index (χ4n) is 7.48. The van der Waals surface area contributed by atoms with E-state index < -0.39 is 0 Å². The van der Waals surface area contributed by atoms with Crippen molar-refractivity contribution in [1.82, 2.24) is 14.5 Å². The van der Waals surface area contributed by atoms with Crippen molar-refractivity contribution < 1.29 is 5.11 Å². The molecule has 0 aliphatic rings. The van der Waals surface area contributed by atoms with Crippen LogP contribution in [-0.2, 0) is 10.8 Å². The van der Waals surface area contributed by atoms with Crippen LogP contribution in [0.4, 0.5) is 0 Å². The summed E-state index contributed by atoms with van der Waals surface area (Å²) in [4.78, 5) is 10.6. The van der Waals surface area contributed by atoms with Gasteiger partial charge < -0.3 is 5.11 Å². The van der Waals surface area contributed by atoms with Gasteiger partial charge in [-0.2, -0.15) is 0 Å². The molecule has 0 amide bonds. The molecule has 0 radical (unpaired) electrons. The minimum absolute atomic E-state index is 0.144. The summed E-state index contributed by atoms with van der Waals surface area (Å²) in [6.45, 7) is 17.6. The Kier molecular flexibility index (Phi) is 8.25. The first-order valence-electron chi connectivity index (χ1n) is 18.7. The average molecular weight is 694 g/mol. The number of pyridine rings is 1. The summed E-state index contributed by atoms with van der Waals surface area (Å²) in [5.41, 5.74) is 11.6. The molecule has 0 unspecified atom stereocenters. The van der Waals surface area contributed by atoms with E-state index in [-0.39, 0.29) is 16.6 Å². The molecule has 53 heavy (non-hydrogen) atoms. The molecule has 4 nitrogen and oxygen atoms in total. The number of benzene rings is 6. The smallest absolute Gasteiger partial charge is 0.149 e. The van der Waals surface area contributed by atoms with Gasteiger partial charge in [0.25, 0.3) is 0 Å². The number of hydrogen-bond donors (Lipinski definition) is 1. The van der Waals surface area contributed by atoms with E-state index in [1.165, 1.54) is 5.56 Å². The zero-order valence-electron chi connectivity index (χ0n) is 32.0. The van der Waals surface area contributed by atoms with Crippen molar-refractivity contribution >= 4 is 32.7 Å². The maximum atomic E-state index is 12.2. The van der Waals surface area contributed by atoms with Gasteiger partial charge in [0, 0.05) is 27.5 Å². The number of rotatable bonds is 5. The van der Waals surface area contributed by atoms with Crippen LogP contribution in [0.2, 0.25) is 0 Å². The van der Waals surface area contributed by atoms with E-state index in [1.807, 2.05) is 6.07 Å². The van der Waals surface area contributed by atoms with Gasteiger partial charge in [-0.15, -0.1) is 0 Å². The lowest BCUT2D eigenvalue weighted by atomic mass is 9.79. The average Bonchev–Trinajstić information content (AvgIpc) is 3.52. The number of aromatic nitrogens is 3. The SMILES string of the molecule is CC(C)c1cc(-c2ccc3ccccc3n2)cc(-c2cccc3c2nc(-c2cc(C(C)(C)C)cc(C(C)(C)C)c2O)n3-c2cccc3ccccc23)c1. The zero-order valence-corrected chi connectivity index (χ0v) is 32.0. The summed E-state index contributed by atoms with van der Waals surface area (Å²) in [5, 5.41) is 15.6. The molecule has 0 bridgehead atoms. The Balaban J connectivity index is 1.45. The van der Waals surface area contributed by atoms with Gasteiger partial charge in [-0.05, 0) is 81.3 Å². The Labute approximate surface area is 312 Å². The fraction of sp³-hybridized carbons (Fsp3) is 0.224. The number of fused-ring (bicyclic) bond motifs is 3. The highest BCUT2D eigenvalue weighted by atomic mass is 16.3. The molecular formula is C49H47N3O. The fourth-order valence-corrected chi connectivity index (χ4v) is 7.48.